The predicted molar refractivity (Wildman–Crippen MR) is 136 cm³/mol. The fourth-order valence-electron chi connectivity index (χ4n) is 3.61. The Bertz CT molecular complexity index is 402. The quantitative estimate of drug-likeness (QED) is 0.0812. The van der Waals surface area contributed by atoms with Gasteiger partial charge in [0.25, 0.3) is 0 Å². The molecule has 0 aromatic carbocycles. The number of ether oxygens (including phenoxy) is 2. The fourth-order valence-corrected chi connectivity index (χ4v) is 3.73. The molecule has 4 nitrogen and oxygen atoms in total. The van der Waals surface area contributed by atoms with Gasteiger partial charge in [0.15, 0.2) is 0 Å². The molecule has 0 saturated carbocycles. The SMILES string of the molecule is CC(Cl)C(=O)OCCCCCCCCCCCCCCCCCCCCOC(=O)C(C)Cl. The molecule has 0 aliphatic rings. The Morgan fingerprint density at radius 3 is 0.844 bits per heavy atom. The molecule has 0 radical (unpaired) electrons. The first-order valence-electron chi connectivity index (χ1n) is 13.1. The van der Waals surface area contributed by atoms with Crippen LogP contribution in [0.1, 0.15) is 129 Å². The van der Waals surface area contributed by atoms with Crippen LogP contribution in [0.5, 0.6) is 0 Å². The lowest BCUT2D eigenvalue weighted by Gasteiger charge is -2.06. The van der Waals surface area contributed by atoms with Gasteiger partial charge >= 0.3 is 11.9 Å². The molecule has 0 aromatic rings. The van der Waals surface area contributed by atoms with Gasteiger partial charge in [-0.15, -0.1) is 23.2 Å². The van der Waals surface area contributed by atoms with Crippen molar-refractivity contribution in [3.05, 3.63) is 0 Å². The molecule has 190 valence electrons. The summed E-state index contributed by atoms with van der Waals surface area (Å²) >= 11 is 11.3. The predicted octanol–water partition coefficient (Wildman–Crippen LogP) is 8.35. The van der Waals surface area contributed by atoms with Crippen molar-refractivity contribution in [2.75, 3.05) is 13.2 Å². The van der Waals surface area contributed by atoms with Gasteiger partial charge in [0, 0.05) is 0 Å². The number of rotatable bonds is 23. The van der Waals surface area contributed by atoms with Gasteiger partial charge in [-0.2, -0.15) is 0 Å². The third kappa shape index (κ3) is 22.7. The lowest BCUT2D eigenvalue weighted by atomic mass is 10.0. The lowest BCUT2D eigenvalue weighted by Crippen LogP contribution is -2.14. The molecule has 0 bridgehead atoms. The van der Waals surface area contributed by atoms with Crippen LogP contribution >= 0.6 is 23.2 Å². The highest BCUT2D eigenvalue weighted by atomic mass is 35.5. The fraction of sp³-hybridized carbons (Fsp3) is 0.923. The van der Waals surface area contributed by atoms with E-state index in [0.29, 0.717) is 13.2 Å². The second-order valence-corrected chi connectivity index (χ2v) is 10.2. The smallest absolute Gasteiger partial charge is 0.323 e. The number of hydrogen-bond donors (Lipinski definition) is 0. The van der Waals surface area contributed by atoms with Crippen molar-refractivity contribution in [2.45, 2.75) is 140 Å². The molecular formula is C26H48Cl2O4. The number of unbranched alkanes of at least 4 members (excludes halogenated alkanes) is 17. The zero-order valence-electron chi connectivity index (χ0n) is 20.7. The van der Waals surface area contributed by atoms with E-state index in [2.05, 4.69) is 0 Å². The Balaban J connectivity index is 3.11. The van der Waals surface area contributed by atoms with Gasteiger partial charge in [-0.1, -0.05) is 103 Å². The number of esters is 2. The topological polar surface area (TPSA) is 52.6 Å². The highest BCUT2D eigenvalue weighted by Gasteiger charge is 2.10. The average Bonchev–Trinajstić information content (AvgIpc) is 2.76. The van der Waals surface area contributed by atoms with Crippen molar-refractivity contribution in [1.29, 1.82) is 0 Å². The largest absolute Gasteiger partial charge is 0.465 e. The van der Waals surface area contributed by atoms with Crippen molar-refractivity contribution in [2.24, 2.45) is 0 Å². The first-order chi connectivity index (χ1) is 15.4. The van der Waals surface area contributed by atoms with Crippen LogP contribution < -0.4 is 0 Å². The summed E-state index contributed by atoms with van der Waals surface area (Å²) in [6.45, 7) is 4.29. The van der Waals surface area contributed by atoms with E-state index < -0.39 is 10.8 Å². The summed E-state index contributed by atoms with van der Waals surface area (Å²) in [5.41, 5.74) is 0. The van der Waals surface area contributed by atoms with Crippen molar-refractivity contribution in [1.82, 2.24) is 0 Å². The van der Waals surface area contributed by atoms with Crippen molar-refractivity contribution in [3.8, 4) is 0 Å². The minimum absolute atomic E-state index is 0.307. The number of halogens is 2. The van der Waals surface area contributed by atoms with Crippen molar-refractivity contribution >= 4 is 35.1 Å². The van der Waals surface area contributed by atoms with Crippen LogP contribution in [0.15, 0.2) is 0 Å². The summed E-state index contributed by atoms with van der Waals surface area (Å²) in [5.74, 6) is -0.615. The van der Waals surface area contributed by atoms with Crippen LogP contribution in [0.4, 0.5) is 0 Å². The monoisotopic (exact) mass is 494 g/mol. The molecule has 0 spiro atoms. The molecular weight excluding hydrogens is 447 g/mol. The van der Waals surface area contributed by atoms with E-state index in [1.807, 2.05) is 0 Å². The normalized spacial score (nSPS) is 13.0. The molecule has 0 saturated heterocycles. The highest BCUT2D eigenvalue weighted by Crippen LogP contribution is 2.14. The van der Waals surface area contributed by atoms with Crippen LogP contribution in [0, 0.1) is 0 Å². The van der Waals surface area contributed by atoms with Crippen LogP contribution in [0.25, 0.3) is 0 Å². The number of carbonyl (C=O) groups is 2. The van der Waals surface area contributed by atoms with E-state index in [1.165, 1.54) is 89.9 Å². The Morgan fingerprint density at radius 2 is 0.656 bits per heavy atom. The molecule has 32 heavy (non-hydrogen) atoms. The molecule has 0 amide bonds. The minimum atomic E-state index is -0.539. The molecule has 2 unspecified atom stereocenters. The molecule has 0 aromatic heterocycles. The van der Waals surface area contributed by atoms with E-state index >= 15 is 0 Å². The summed E-state index contributed by atoms with van der Waals surface area (Å²) in [4.78, 5) is 22.4. The number of hydrogen-bond acceptors (Lipinski definition) is 4. The van der Waals surface area contributed by atoms with Crippen LogP contribution in [0.2, 0.25) is 0 Å². The zero-order chi connectivity index (χ0) is 23.9. The molecule has 0 aliphatic carbocycles. The van der Waals surface area contributed by atoms with Gasteiger partial charge in [-0.3, -0.25) is 9.59 Å². The minimum Gasteiger partial charge on any atom is -0.465 e. The van der Waals surface area contributed by atoms with Gasteiger partial charge in [0.1, 0.15) is 10.8 Å². The van der Waals surface area contributed by atoms with Crippen molar-refractivity contribution < 1.29 is 19.1 Å². The molecule has 0 N–H and O–H groups in total. The Kier molecular flexibility index (Phi) is 23.3. The van der Waals surface area contributed by atoms with E-state index in [0.717, 1.165) is 25.7 Å². The third-order valence-electron chi connectivity index (χ3n) is 5.68. The van der Waals surface area contributed by atoms with Crippen molar-refractivity contribution in [3.63, 3.8) is 0 Å². The van der Waals surface area contributed by atoms with E-state index in [1.54, 1.807) is 13.8 Å². The van der Waals surface area contributed by atoms with Crippen LogP contribution in [-0.4, -0.2) is 35.9 Å². The molecule has 0 aliphatic heterocycles. The molecule has 2 atom stereocenters. The average molecular weight is 496 g/mol. The maximum Gasteiger partial charge on any atom is 0.323 e. The molecule has 0 heterocycles. The summed E-state index contributed by atoms with van der Waals surface area (Å²) in [5, 5.41) is -1.08. The Labute approximate surface area is 207 Å². The van der Waals surface area contributed by atoms with E-state index in [4.69, 9.17) is 32.7 Å². The molecule has 0 fully saturated rings. The second-order valence-electron chi connectivity index (χ2n) is 8.93. The zero-order valence-corrected chi connectivity index (χ0v) is 22.2. The maximum absolute atomic E-state index is 11.2. The van der Waals surface area contributed by atoms with Gasteiger partial charge in [-0.05, 0) is 26.7 Å². The van der Waals surface area contributed by atoms with Crippen LogP contribution in [-0.2, 0) is 19.1 Å². The summed E-state index contributed by atoms with van der Waals surface area (Å²) < 4.78 is 10.1. The second kappa shape index (κ2) is 23.7. The summed E-state index contributed by atoms with van der Waals surface area (Å²) in [6.07, 6.45) is 22.8. The van der Waals surface area contributed by atoms with Gasteiger partial charge in [0.2, 0.25) is 0 Å². The Morgan fingerprint density at radius 1 is 0.469 bits per heavy atom. The van der Waals surface area contributed by atoms with Crippen LogP contribution in [0.3, 0.4) is 0 Å². The number of carbonyl (C=O) groups excluding carboxylic acids is 2. The first kappa shape index (κ1) is 31.5. The number of alkyl halides is 2. The third-order valence-corrected chi connectivity index (χ3v) is 6.03. The standard InChI is InChI=1S/C26H48Cl2O4/c1-23(27)25(29)31-21-19-17-15-13-11-9-7-5-3-4-6-8-10-12-14-16-18-20-22-32-26(30)24(2)28/h23-24H,3-22H2,1-2H3. The highest BCUT2D eigenvalue weighted by molar-refractivity contribution is 6.29. The van der Waals surface area contributed by atoms with E-state index in [9.17, 15) is 9.59 Å². The summed E-state index contributed by atoms with van der Waals surface area (Å²) in [6, 6.07) is 0. The lowest BCUT2D eigenvalue weighted by molar-refractivity contribution is -0.143. The molecule has 6 heteroatoms. The van der Waals surface area contributed by atoms with Gasteiger partial charge in [0.05, 0.1) is 13.2 Å². The maximum atomic E-state index is 11.2. The van der Waals surface area contributed by atoms with Gasteiger partial charge < -0.3 is 9.47 Å². The van der Waals surface area contributed by atoms with Gasteiger partial charge in [-0.25, -0.2) is 0 Å². The molecule has 0 rings (SSSR count). The Hall–Kier alpha value is -0.480. The van der Waals surface area contributed by atoms with E-state index in [-0.39, 0.29) is 11.9 Å². The summed E-state index contributed by atoms with van der Waals surface area (Å²) in [7, 11) is 0. The first-order valence-corrected chi connectivity index (χ1v) is 13.9.